The lowest BCUT2D eigenvalue weighted by Crippen LogP contribution is -2.56. The van der Waals surface area contributed by atoms with Gasteiger partial charge in [0.25, 0.3) is 5.91 Å². The van der Waals surface area contributed by atoms with Gasteiger partial charge in [-0.3, -0.25) is 9.59 Å². The minimum atomic E-state index is -1.22. The molecular weight excluding hydrogens is 316 g/mol. The van der Waals surface area contributed by atoms with Gasteiger partial charge >= 0.3 is 5.97 Å². The molecule has 1 aromatic rings. The first-order valence-electron chi connectivity index (χ1n) is 7.32. The standard InChI is InChI=1S/C16H20N2O4S/c1-10-3-4-12(7-11(10)2)14(20)17-8-13(19)18-16(15(21)22)5-6-23-9-16/h3-4,7H,5-6,8-9H2,1-2H3,(H,17,20)(H,18,19)(H,21,22). The molecule has 0 saturated carbocycles. The zero-order valence-corrected chi connectivity index (χ0v) is 14.0. The van der Waals surface area contributed by atoms with Crippen LogP contribution in [-0.4, -0.2) is 46.5 Å². The van der Waals surface area contributed by atoms with Crippen molar-refractivity contribution in [3.63, 3.8) is 0 Å². The minimum Gasteiger partial charge on any atom is -0.479 e. The van der Waals surface area contributed by atoms with Crippen molar-refractivity contribution in [2.24, 2.45) is 0 Å². The van der Waals surface area contributed by atoms with Gasteiger partial charge in [0, 0.05) is 11.3 Å². The molecule has 0 radical (unpaired) electrons. The molecule has 1 heterocycles. The van der Waals surface area contributed by atoms with Gasteiger partial charge in [-0.05, 0) is 49.3 Å². The predicted molar refractivity (Wildman–Crippen MR) is 88.7 cm³/mol. The molecule has 0 spiro atoms. The van der Waals surface area contributed by atoms with Crippen LogP contribution in [0.2, 0.25) is 0 Å². The molecule has 6 nitrogen and oxygen atoms in total. The number of hydrogen-bond donors (Lipinski definition) is 3. The molecule has 1 aliphatic rings. The lowest BCUT2D eigenvalue weighted by Gasteiger charge is -2.24. The van der Waals surface area contributed by atoms with Crippen molar-refractivity contribution in [3.8, 4) is 0 Å². The lowest BCUT2D eigenvalue weighted by molar-refractivity contribution is -0.146. The maximum absolute atomic E-state index is 12.1. The SMILES string of the molecule is Cc1ccc(C(=O)NCC(=O)NC2(C(=O)O)CCSC2)cc1C. The Morgan fingerprint density at radius 2 is 2.00 bits per heavy atom. The Morgan fingerprint density at radius 3 is 2.57 bits per heavy atom. The first-order chi connectivity index (χ1) is 10.8. The summed E-state index contributed by atoms with van der Waals surface area (Å²) in [7, 11) is 0. The molecule has 1 fully saturated rings. The van der Waals surface area contributed by atoms with Crippen molar-refractivity contribution >= 4 is 29.5 Å². The summed E-state index contributed by atoms with van der Waals surface area (Å²) in [5.74, 6) is -0.836. The van der Waals surface area contributed by atoms with Crippen molar-refractivity contribution in [3.05, 3.63) is 34.9 Å². The number of nitrogens with one attached hydrogen (secondary N) is 2. The Kier molecular flexibility index (Phi) is 5.30. The van der Waals surface area contributed by atoms with Crippen LogP contribution in [0.3, 0.4) is 0 Å². The molecule has 2 amide bonds. The third-order valence-corrected chi connectivity index (χ3v) is 5.18. The molecule has 2 rings (SSSR count). The number of aryl methyl sites for hydroxylation is 2. The van der Waals surface area contributed by atoms with Crippen LogP contribution in [0.15, 0.2) is 18.2 Å². The van der Waals surface area contributed by atoms with Gasteiger partial charge in [-0.1, -0.05) is 6.07 Å². The fourth-order valence-corrected chi connectivity index (χ4v) is 3.67. The monoisotopic (exact) mass is 336 g/mol. The van der Waals surface area contributed by atoms with E-state index in [0.717, 1.165) is 11.1 Å². The highest BCUT2D eigenvalue weighted by atomic mass is 32.2. The van der Waals surface area contributed by atoms with Crippen LogP contribution in [0.4, 0.5) is 0 Å². The van der Waals surface area contributed by atoms with Crippen molar-refractivity contribution in [2.45, 2.75) is 25.8 Å². The van der Waals surface area contributed by atoms with E-state index in [2.05, 4.69) is 10.6 Å². The molecule has 23 heavy (non-hydrogen) atoms. The maximum Gasteiger partial charge on any atom is 0.330 e. The van der Waals surface area contributed by atoms with E-state index in [4.69, 9.17) is 0 Å². The van der Waals surface area contributed by atoms with Gasteiger partial charge in [0.05, 0.1) is 6.54 Å². The van der Waals surface area contributed by atoms with Crippen molar-refractivity contribution < 1.29 is 19.5 Å². The zero-order chi connectivity index (χ0) is 17.0. The average Bonchev–Trinajstić information content (AvgIpc) is 2.97. The fraction of sp³-hybridized carbons (Fsp3) is 0.438. The van der Waals surface area contributed by atoms with Crippen molar-refractivity contribution in [1.29, 1.82) is 0 Å². The number of rotatable bonds is 5. The number of aliphatic carboxylic acids is 1. The Bertz CT molecular complexity index is 639. The number of benzene rings is 1. The van der Waals surface area contributed by atoms with Gasteiger partial charge in [-0.2, -0.15) is 11.8 Å². The smallest absolute Gasteiger partial charge is 0.330 e. The summed E-state index contributed by atoms with van der Waals surface area (Å²) in [6.45, 7) is 3.62. The second kappa shape index (κ2) is 7.04. The molecule has 0 aliphatic carbocycles. The van der Waals surface area contributed by atoms with Crippen molar-refractivity contribution in [2.75, 3.05) is 18.1 Å². The summed E-state index contributed by atoms with van der Waals surface area (Å²) in [4.78, 5) is 35.4. The van der Waals surface area contributed by atoms with Crippen LogP contribution in [-0.2, 0) is 9.59 Å². The van der Waals surface area contributed by atoms with Crippen LogP contribution < -0.4 is 10.6 Å². The second-order valence-corrected chi connectivity index (χ2v) is 6.82. The first-order valence-corrected chi connectivity index (χ1v) is 8.47. The third kappa shape index (κ3) is 4.04. The largest absolute Gasteiger partial charge is 0.479 e. The number of hydrogen-bond acceptors (Lipinski definition) is 4. The Morgan fingerprint density at radius 1 is 1.26 bits per heavy atom. The normalized spacial score (nSPS) is 20.1. The number of carboxylic acids is 1. The first kappa shape index (κ1) is 17.3. The highest BCUT2D eigenvalue weighted by molar-refractivity contribution is 7.99. The van der Waals surface area contributed by atoms with E-state index in [9.17, 15) is 19.5 Å². The van der Waals surface area contributed by atoms with Gasteiger partial charge in [-0.15, -0.1) is 0 Å². The molecule has 1 aromatic carbocycles. The lowest BCUT2D eigenvalue weighted by atomic mass is 9.99. The summed E-state index contributed by atoms with van der Waals surface area (Å²) in [5.41, 5.74) is 1.34. The van der Waals surface area contributed by atoms with E-state index in [1.807, 2.05) is 19.9 Å². The minimum absolute atomic E-state index is 0.245. The Balaban J connectivity index is 1.92. The molecule has 3 N–H and O–H groups in total. The highest BCUT2D eigenvalue weighted by Gasteiger charge is 2.43. The number of thioether (sulfide) groups is 1. The Hall–Kier alpha value is -2.02. The predicted octanol–water partition coefficient (Wildman–Crippen LogP) is 1.11. The van der Waals surface area contributed by atoms with E-state index in [-0.39, 0.29) is 12.5 Å². The van der Waals surface area contributed by atoms with E-state index in [1.54, 1.807) is 12.1 Å². The van der Waals surface area contributed by atoms with E-state index < -0.39 is 17.4 Å². The van der Waals surface area contributed by atoms with Crippen LogP contribution in [0.5, 0.6) is 0 Å². The highest BCUT2D eigenvalue weighted by Crippen LogP contribution is 2.28. The van der Waals surface area contributed by atoms with E-state index in [1.165, 1.54) is 11.8 Å². The average molecular weight is 336 g/mol. The molecule has 1 aliphatic heterocycles. The molecule has 124 valence electrons. The summed E-state index contributed by atoms with van der Waals surface area (Å²) >= 11 is 1.49. The molecule has 1 unspecified atom stereocenters. The van der Waals surface area contributed by atoms with Crippen LogP contribution >= 0.6 is 11.8 Å². The summed E-state index contributed by atoms with van der Waals surface area (Å²) in [6.07, 6.45) is 0.393. The molecule has 1 atom stereocenters. The number of carbonyl (C=O) groups excluding carboxylic acids is 2. The van der Waals surface area contributed by atoms with Gasteiger partial charge in [-0.25, -0.2) is 4.79 Å². The third-order valence-electron chi connectivity index (χ3n) is 3.99. The number of amides is 2. The van der Waals surface area contributed by atoms with Crippen LogP contribution in [0.25, 0.3) is 0 Å². The topological polar surface area (TPSA) is 95.5 Å². The molecule has 1 saturated heterocycles. The summed E-state index contributed by atoms with van der Waals surface area (Å²) < 4.78 is 0. The van der Waals surface area contributed by atoms with Crippen LogP contribution in [0, 0.1) is 13.8 Å². The summed E-state index contributed by atoms with van der Waals surface area (Å²) in [5, 5.41) is 14.4. The number of carboxylic acid groups (broad SMARTS) is 1. The molecule has 0 aromatic heterocycles. The zero-order valence-electron chi connectivity index (χ0n) is 13.1. The van der Waals surface area contributed by atoms with Crippen molar-refractivity contribution in [1.82, 2.24) is 10.6 Å². The fourth-order valence-electron chi connectivity index (χ4n) is 2.34. The quantitative estimate of drug-likeness (QED) is 0.749. The van der Waals surface area contributed by atoms with Gasteiger partial charge in [0.1, 0.15) is 5.54 Å². The van der Waals surface area contributed by atoms with Gasteiger partial charge in [0.2, 0.25) is 5.91 Å². The summed E-state index contributed by atoms with van der Waals surface area (Å²) in [6, 6.07) is 5.30. The number of carbonyl (C=O) groups is 3. The van der Waals surface area contributed by atoms with Gasteiger partial charge in [0.15, 0.2) is 0 Å². The second-order valence-electron chi connectivity index (χ2n) is 5.72. The van der Waals surface area contributed by atoms with E-state index >= 15 is 0 Å². The van der Waals surface area contributed by atoms with Crippen LogP contribution in [0.1, 0.15) is 27.9 Å². The molecule has 7 heteroatoms. The molecular formula is C16H20N2O4S. The van der Waals surface area contributed by atoms with Gasteiger partial charge < -0.3 is 15.7 Å². The Labute approximate surface area is 139 Å². The molecule has 0 bridgehead atoms. The van der Waals surface area contributed by atoms with E-state index in [0.29, 0.717) is 23.5 Å². The maximum atomic E-state index is 12.1.